The summed E-state index contributed by atoms with van der Waals surface area (Å²) in [5, 5.41) is 11.9. The Labute approximate surface area is 92.2 Å². The van der Waals surface area contributed by atoms with Crippen molar-refractivity contribution in [1.29, 1.82) is 0 Å². The molecule has 0 aromatic rings. The molecule has 2 aliphatic heterocycles. The Balaban J connectivity index is 1.69. The summed E-state index contributed by atoms with van der Waals surface area (Å²) in [6.07, 6.45) is 4.78. The van der Waals surface area contributed by atoms with E-state index in [-0.39, 0.29) is 4.65 Å². The van der Waals surface area contributed by atoms with Crippen LogP contribution in [0.4, 0.5) is 0 Å². The van der Waals surface area contributed by atoms with Crippen LogP contribution in [0.5, 0.6) is 0 Å². The molecule has 0 aromatic heterocycles. The highest BCUT2D eigenvalue weighted by Gasteiger charge is 2.21. The van der Waals surface area contributed by atoms with Gasteiger partial charge in [0.1, 0.15) is 6.54 Å². The lowest BCUT2D eigenvalue weighted by Crippen LogP contribution is -2.38. The third-order valence-corrected chi connectivity index (χ3v) is 3.37. The number of quaternary nitrogens is 1. The molecule has 2 heterocycles. The summed E-state index contributed by atoms with van der Waals surface area (Å²) in [5.41, 5.74) is 0. The fourth-order valence-electron chi connectivity index (χ4n) is 2.38. The van der Waals surface area contributed by atoms with Crippen molar-refractivity contribution in [1.82, 2.24) is 4.90 Å². The van der Waals surface area contributed by atoms with E-state index >= 15 is 0 Å². The molecular formula is C12H20N2O. The largest absolute Gasteiger partial charge is 0.632 e. The molecule has 15 heavy (non-hydrogen) atoms. The van der Waals surface area contributed by atoms with Gasteiger partial charge in [0.15, 0.2) is 0 Å². The number of rotatable bonds is 2. The molecule has 2 fully saturated rings. The highest BCUT2D eigenvalue weighted by molar-refractivity contribution is 5.02. The second kappa shape index (κ2) is 4.98. The zero-order valence-electron chi connectivity index (χ0n) is 9.37. The summed E-state index contributed by atoms with van der Waals surface area (Å²) < 4.78 is -0.0625. The van der Waals surface area contributed by atoms with Crippen LogP contribution in [0.3, 0.4) is 0 Å². The summed E-state index contributed by atoms with van der Waals surface area (Å²) in [6, 6.07) is 0. The van der Waals surface area contributed by atoms with E-state index in [0.717, 1.165) is 32.5 Å². The van der Waals surface area contributed by atoms with Crippen molar-refractivity contribution < 1.29 is 4.65 Å². The quantitative estimate of drug-likeness (QED) is 0.387. The molecule has 0 unspecified atom stereocenters. The normalized spacial score (nSPS) is 25.1. The first kappa shape index (κ1) is 10.9. The van der Waals surface area contributed by atoms with Gasteiger partial charge in [-0.1, -0.05) is 5.92 Å². The minimum Gasteiger partial charge on any atom is -0.632 e. The van der Waals surface area contributed by atoms with Crippen LogP contribution < -0.4 is 0 Å². The maximum Gasteiger partial charge on any atom is 0.140 e. The molecule has 3 nitrogen and oxygen atoms in total. The lowest BCUT2D eigenvalue weighted by atomic mass is 10.4. The molecule has 2 rings (SSSR count). The maximum absolute atomic E-state index is 11.9. The molecule has 2 aliphatic rings. The summed E-state index contributed by atoms with van der Waals surface area (Å²) in [6.45, 7) is 5.29. The van der Waals surface area contributed by atoms with Crippen LogP contribution in [0.2, 0.25) is 0 Å². The van der Waals surface area contributed by atoms with Gasteiger partial charge in [-0.25, -0.2) is 0 Å². The first-order valence-corrected chi connectivity index (χ1v) is 6.04. The van der Waals surface area contributed by atoms with Crippen LogP contribution in [0.25, 0.3) is 0 Å². The van der Waals surface area contributed by atoms with E-state index < -0.39 is 0 Å². The molecule has 0 radical (unpaired) electrons. The molecule has 0 aromatic carbocycles. The van der Waals surface area contributed by atoms with Crippen molar-refractivity contribution in [3.05, 3.63) is 5.21 Å². The summed E-state index contributed by atoms with van der Waals surface area (Å²) >= 11 is 0. The summed E-state index contributed by atoms with van der Waals surface area (Å²) in [5.74, 6) is 6.20. The van der Waals surface area contributed by atoms with Gasteiger partial charge in [0.25, 0.3) is 0 Å². The van der Waals surface area contributed by atoms with E-state index in [4.69, 9.17) is 0 Å². The molecule has 84 valence electrons. The zero-order valence-corrected chi connectivity index (χ0v) is 9.37. The van der Waals surface area contributed by atoms with E-state index in [1.807, 2.05) is 0 Å². The number of hydrogen-bond donors (Lipinski definition) is 0. The van der Waals surface area contributed by atoms with E-state index in [9.17, 15) is 5.21 Å². The number of likely N-dealkylation sites (tertiary alicyclic amines) is 2. The van der Waals surface area contributed by atoms with E-state index in [1.165, 1.54) is 25.9 Å². The summed E-state index contributed by atoms with van der Waals surface area (Å²) in [7, 11) is 0. The van der Waals surface area contributed by atoms with Gasteiger partial charge in [-0.15, -0.1) is 0 Å². The molecule has 0 spiro atoms. The first-order valence-electron chi connectivity index (χ1n) is 6.04. The summed E-state index contributed by atoms with van der Waals surface area (Å²) in [4.78, 5) is 2.37. The molecule has 0 saturated carbocycles. The maximum atomic E-state index is 11.9. The minimum absolute atomic E-state index is 0.0625. The van der Waals surface area contributed by atoms with Crippen molar-refractivity contribution in [3.63, 3.8) is 0 Å². The first-order chi connectivity index (χ1) is 7.29. The smallest absolute Gasteiger partial charge is 0.140 e. The predicted molar refractivity (Wildman–Crippen MR) is 60.9 cm³/mol. The van der Waals surface area contributed by atoms with Gasteiger partial charge in [0.2, 0.25) is 0 Å². The van der Waals surface area contributed by atoms with Crippen molar-refractivity contribution >= 4 is 0 Å². The lowest BCUT2D eigenvalue weighted by molar-refractivity contribution is -0.860. The molecular weight excluding hydrogens is 188 g/mol. The van der Waals surface area contributed by atoms with Gasteiger partial charge < -0.3 is 9.85 Å². The average Bonchev–Trinajstić information content (AvgIpc) is 2.84. The van der Waals surface area contributed by atoms with Crippen molar-refractivity contribution in [2.75, 3.05) is 39.3 Å². The zero-order chi connectivity index (χ0) is 10.6. The Bertz CT molecular complexity index is 255. The second-order valence-electron chi connectivity index (χ2n) is 4.71. The molecule has 0 aliphatic carbocycles. The highest BCUT2D eigenvalue weighted by Crippen LogP contribution is 2.16. The Hall–Kier alpha value is -0.560. The van der Waals surface area contributed by atoms with Crippen molar-refractivity contribution in [2.45, 2.75) is 25.7 Å². The number of hydroxylamine groups is 3. The lowest BCUT2D eigenvalue weighted by Gasteiger charge is -2.36. The van der Waals surface area contributed by atoms with E-state index in [0.29, 0.717) is 6.54 Å². The van der Waals surface area contributed by atoms with Crippen LogP contribution in [-0.2, 0) is 0 Å². The monoisotopic (exact) mass is 208 g/mol. The predicted octanol–water partition coefficient (Wildman–Crippen LogP) is 1.19. The molecule has 0 bridgehead atoms. The minimum atomic E-state index is -0.0625. The SMILES string of the molecule is [O-][N+]1(CC#CCN2CCCC2)CCCC1. The van der Waals surface area contributed by atoms with E-state index in [1.54, 1.807) is 0 Å². The van der Waals surface area contributed by atoms with Gasteiger partial charge >= 0.3 is 0 Å². The Morgan fingerprint density at radius 2 is 1.67 bits per heavy atom. The van der Waals surface area contributed by atoms with Gasteiger partial charge in [0, 0.05) is 12.8 Å². The molecule has 2 saturated heterocycles. The third kappa shape index (κ3) is 3.20. The van der Waals surface area contributed by atoms with Gasteiger partial charge in [-0.3, -0.25) is 4.90 Å². The van der Waals surface area contributed by atoms with Gasteiger partial charge in [-0.2, -0.15) is 0 Å². The molecule has 0 atom stereocenters. The third-order valence-electron chi connectivity index (χ3n) is 3.37. The standard InChI is InChI=1S/C12H20N2O/c15-14(11-5-6-12-14)10-4-3-9-13-7-1-2-8-13/h1-2,5-12H2. The fourth-order valence-corrected chi connectivity index (χ4v) is 2.38. The number of hydrogen-bond acceptors (Lipinski definition) is 2. The van der Waals surface area contributed by atoms with Crippen LogP contribution in [0.15, 0.2) is 0 Å². The van der Waals surface area contributed by atoms with Crippen molar-refractivity contribution in [3.8, 4) is 11.8 Å². The highest BCUT2D eigenvalue weighted by atomic mass is 16.5. The number of nitrogens with zero attached hydrogens (tertiary/aromatic N) is 2. The average molecular weight is 208 g/mol. The topological polar surface area (TPSA) is 26.3 Å². The van der Waals surface area contributed by atoms with Crippen LogP contribution >= 0.6 is 0 Å². The van der Waals surface area contributed by atoms with Crippen LogP contribution in [-0.4, -0.2) is 48.8 Å². The van der Waals surface area contributed by atoms with Crippen molar-refractivity contribution in [2.24, 2.45) is 0 Å². The molecule has 3 heteroatoms. The Morgan fingerprint density at radius 3 is 2.33 bits per heavy atom. The molecule has 0 amide bonds. The van der Waals surface area contributed by atoms with E-state index in [2.05, 4.69) is 16.7 Å². The Kier molecular flexibility index (Phi) is 3.63. The molecule has 0 N–H and O–H groups in total. The second-order valence-corrected chi connectivity index (χ2v) is 4.71. The van der Waals surface area contributed by atoms with Gasteiger partial charge in [0.05, 0.1) is 19.6 Å². The Morgan fingerprint density at radius 1 is 1.00 bits per heavy atom. The van der Waals surface area contributed by atoms with Crippen LogP contribution in [0.1, 0.15) is 25.7 Å². The fraction of sp³-hybridized carbons (Fsp3) is 0.833. The van der Waals surface area contributed by atoms with Gasteiger partial charge in [-0.05, 0) is 31.9 Å². The van der Waals surface area contributed by atoms with Crippen LogP contribution in [0, 0.1) is 17.0 Å².